The number of hydrogen-bond acceptors (Lipinski definition) is 3. The lowest BCUT2D eigenvalue weighted by molar-refractivity contribution is -0.158. The Kier molecular flexibility index (Phi) is 3.71. The number of allylic oxidation sites excluding steroid dienone is 5. The number of amides is 2. The molecule has 0 spiro atoms. The second-order valence-corrected chi connectivity index (χ2v) is 8.44. The lowest BCUT2D eigenvalue weighted by Gasteiger charge is -2.46. The molecule has 6 rings (SSSR count). The van der Waals surface area contributed by atoms with Crippen molar-refractivity contribution in [2.75, 3.05) is 13.6 Å². The van der Waals surface area contributed by atoms with E-state index in [1.165, 1.54) is 4.90 Å². The molecule has 4 heterocycles. The zero-order chi connectivity index (χ0) is 21.3. The number of carbonyl (C=O) groups is 2. The van der Waals surface area contributed by atoms with Gasteiger partial charge in [-0.1, -0.05) is 36.1 Å². The average molecular weight is 411 g/mol. The second-order valence-electron chi connectivity index (χ2n) is 8.44. The van der Waals surface area contributed by atoms with Gasteiger partial charge in [-0.3, -0.25) is 9.59 Å². The molecule has 1 aromatic carbocycles. The number of aromatic amines is 1. The first-order valence-corrected chi connectivity index (χ1v) is 10.4. The van der Waals surface area contributed by atoms with Gasteiger partial charge in [0.1, 0.15) is 17.8 Å². The summed E-state index contributed by atoms with van der Waals surface area (Å²) >= 11 is 0. The van der Waals surface area contributed by atoms with Gasteiger partial charge in [-0.2, -0.15) is 0 Å². The third-order valence-electron chi connectivity index (χ3n) is 6.51. The number of benzene rings is 1. The molecule has 0 saturated carbocycles. The molecule has 1 saturated heterocycles. The van der Waals surface area contributed by atoms with Crippen LogP contribution in [0.4, 0.5) is 0 Å². The van der Waals surface area contributed by atoms with Crippen molar-refractivity contribution in [2.24, 2.45) is 0 Å². The van der Waals surface area contributed by atoms with E-state index in [0.29, 0.717) is 17.9 Å². The van der Waals surface area contributed by atoms with E-state index in [9.17, 15) is 9.59 Å². The molecule has 2 amide bonds. The highest BCUT2D eigenvalue weighted by Crippen LogP contribution is 2.44. The molecular formula is C25H21N3O3. The van der Waals surface area contributed by atoms with Crippen molar-refractivity contribution in [1.82, 2.24) is 14.8 Å². The first-order valence-electron chi connectivity index (χ1n) is 10.4. The van der Waals surface area contributed by atoms with Crippen LogP contribution in [0.15, 0.2) is 77.0 Å². The lowest BCUT2D eigenvalue weighted by atomic mass is 9.87. The van der Waals surface area contributed by atoms with E-state index in [2.05, 4.69) is 16.8 Å². The van der Waals surface area contributed by atoms with Crippen molar-refractivity contribution in [1.29, 1.82) is 0 Å². The molecule has 1 aliphatic carbocycles. The van der Waals surface area contributed by atoms with Crippen LogP contribution in [0.1, 0.15) is 24.2 Å². The van der Waals surface area contributed by atoms with Gasteiger partial charge in [-0.05, 0) is 36.3 Å². The van der Waals surface area contributed by atoms with E-state index < -0.39 is 12.1 Å². The SMILES string of the molecule is CC1=CC=CC2=C=C1C=C([C@H]1c3[nH]c4ccccc4c3C[C@H]3C(=O)N(C)CC(=O)N31)O2. The van der Waals surface area contributed by atoms with Gasteiger partial charge in [0.2, 0.25) is 11.8 Å². The summed E-state index contributed by atoms with van der Waals surface area (Å²) < 4.78 is 6.22. The van der Waals surface area contributed by atoms with E-state index in [0.717, 1.165) is 33.3 Å². The smallest absolute Gasteiger partial charge is 0.245 e. The number of fused-ring (bicyclic) bond motifs is 4. The van der Waals surface area contributed by atoms with Crippen LogP contribution in [-0.2, 0) is 20.7 Å². The number of likely N-dealkylation sites (N-methyl/N-ethyl adjacent to an activating group) is 1. The standard InChI is InChI=1S/C25H21N3O3/c1-14-6-5-7-16-10-15(14)11-21(31-16)24-23-18(17-8-3-4-9-19(17)26-23)12-20-25(30)27(2)13-22(29)28(20)24/h3-9,11,20,24,26H,12-13H2,1-2H3/t20-,24-/m0/s1. The number of hydrogen-bond donors (Lipinski definition) is 1. The summed E-state index contributed by atoms with van der Waals surface area (Å²) in [5.41, 5.74) is 8.25. The molecule has 1 aromatic heterocycles. The third-order valence-corrected chi connectivity index (χ3v) is 6.51. The van der Waals surface area contributed by atoms with E-state index >= 15 is 0 Å². The van der Waals surface area contributed by atoms with Gasteiger partial charge >= 0.3 is 0 Å². The van der Waals surface area contributed by atoms with Gasteiger partial charge in [0.25, 0.3) is 0 Å². The number of nitrogens with zero attached hydrogens (tertiary/aromatic N) is 2. The lowest BCUT2D eigenvalue weighted by Crippen LogP contribution is -2.62. The molecule has 2 atom stereocenters. The zero-order valence-electron chi connectivity index (χ0n) is 17.3. The highest BCUT2D eigenvalue weighted by molar-refractivity contribution is 5.97. The van der Waals surface area contributed by atoms with E-state index in [1.54, 1.807) is 11.9 Å². The van der Waals surface area contributed by atoms with Crippen molar-refractivity contribution in [3.8, 4) is 0 Å². The quantitative estimate of drug-likeness (QED) is 0.733. The summed E-state index contributed by atoms with van der Waals surface area (Å²) in [5.74, 6) is 1.12. The first kappa shape index (κ1) is 18.0. The number of carbonyl (C=O) groups excluding carboxylic acids is 2. The maximum absolute atomic E-state index is 13.2. The Hall–Kier alpha value is -3.76. The maximum atomic E-state index is 13.2. The van der Waals surface area contributed by atoms with Crippen LogP contribution in [0.3, 0.4) is 0 Å². The van der Waals surface area contributed by atoms with E-state index in [1.807, 2.05) is 49.4 Å². The molecule has 0 unspecified atom stereocenters. The van der Waals surface area contributed by atoms with Crippen molar-refractivity contribution < 1.29 is 14.3 Å². The summed E-state index contributed by atoms with van der Waals surface area (Å²) in [4.78, 5) is 33.1. The maximum Gasteiger partial charge on any atom is 0.245 e. The van der Waals surface area contributed by atoms with Gasteiger partial charge in [-0.15, -0.1) is 0 Å². The molecular weight excluding hydrogens is 390 g/mol. The number of aromatic nitrogens is 1. The Morgan fingerprint density at radius 1 is 1.23 bits per heavy atom. The molecule has 1 fully saturated rings. The Balaban J connectivity index is 1.57. The molecule has 4 aliphatic rings. The van der Waals surface area contributed by atoms with Crippen molar-refractivity contribution in [3.05, 3.63) is 88.2 Å². The van der Waals surface area contributed by atoms with Crippen molar-refractivity contribution in [3.63, 3.8) is 0 Å². The van der Waals surface area contributed by atoms with Crippen LogP contribution >= 0.6 is 0 Å². The molecule has 6 heteroatoms. The minimum absolute atomic E-state index is 0.0382. The molecule has 0 radical (unpaired) electrons. The normalized spacial score (nSPS) is 24.6. The minimum Gasteiger partial charge on any atom is -0.451 e. The average Bonchev–Trinajstić information content (AvgIpc) is 3.08. The molecule has 2 bridgehead atoms. The van der Waals surface area contributed by atoms with Crippen molar-refractivity contribution in [2.45, 2.75) is 25.4 Å². The van der Waals surface area contributed by atoms with Gasteiger partial charge < -0.3 is 19.5 Å². The predicted octanol–water partition coefficient (Wildman–Crippen LogP) is 3.27. The van der Waals surface area contributed by atoms with E-state index in [4.69, 9.17) is 4.74 Å². The fourth-order valence-electron chi connectivity index (χ4n) is 4.99. The van der Waals surface area contributed by atoms with Gasteiger partial charge in [0.15, 0.2) is 5.76 Å². The summed E-state index contributed by atoms with van der Waals surface area (Å²) in [6, 6.07) is 7.01. The highest BCUT2D eigenvalue weighted by atomic mass is 16.5. The molecule has 2 aromatic rings. The number of ether oxygens (including phenoxy) is 1. The molecule has 154 valence electrons. The molecule has 3 aliphatic heterocycles. The number of para-hydroxylation sites is 1. The summed E-state index contributed by atoms with van der Waals surface area (Å²) in [6.07, 6.45) is 8.25. The van der Waals surface area contributed by atoms with Gasteiger partial charge in [-0.25, -0.2) is 0 Å². The van der Waals surface area contributed by atoms with Crippen LogP contribution in [-0.4, -0.2) is 46.2 Å². The van der Waals surface area contributed by atoms with Crippen molar-refractivity contribution >= 4 is 22.7 Å². The Morgan fingerprint density at radius 3 is 2.94 bits per heavy atom. The number of rotatable bonds is 1. The number of piperazine rings is 1. The fourth-order valence-corrected chi connectivity index (χ4v) is 4.99. The van der Waals surface area contributed by atoms with Gasteiger partial charge in [0.05, 0.1) is 12.2 Å². The van der Waals surface area contributed by atoms with Crippen LogP contribution in [0.25, 0.3) is 10.9 Å². The molecule has 1 N–H and O–H groups in total. The third kappa shape index (κ3) is 2.58. The Morgan fingerprint density at radius 2 is 2.06 bits per heavy atom. The second kappa shape index (κ2) is 6.37. The zero-order valence-corrected chi connectivity index (χ0v) is 17.3. The Bertz CT molecular complexity index is 1330. The van der Waals surface area contributed by atoms with Crippen LogP contribution in [0.2, 0.25) is 0 Å². The predicted molar refractivity (Wildman–Crippen MR) is 116 cm³/mol. The minimum atomic E-state index is -0.549. The van der Waals surface area contributed by atoms with Crippen LogP contribution in [0.5, 0.6) is 0 Å². The topological polar surface area (TPSA) is 65.6 Å². The largest absolute Gasteiger partial charge is 0.451 e. The number of nitrogens with one attached hydrogen (secondary N) is 1. The molecule has 6 nitrogen and oxygen atoms in total. The van der Waals surface area contributed by atoms with Gasteiger partial charge in [0, 0.05) is 29.9 Å². The molecule has 31 heavy (non-hydrogen) atoms. The Labute approximate surface area is 179 Å². The van der Waals surface area contributed by atoms with Crippen LogP contribution in [0, 0.1) is 0 Å². The summed E-state index contributed by atoms with van der Waals surface area (Å²) in [6.45, 7) is 2.09. The highest BCUT2D eigenvalue weighted by Gasteiger charge is 2.49. The summed E-state index contributed by atoms with van der Waals surface area (Å²) in [5, 5.41) is 1.08. The number of H-pyrrole nitrogens is 1. The first-order chi connectivity index (χ1) is 15.0. The van der Waals surface area contributed by atoms with Crippen LogP contribution < -0.4 is 0 Å². The summed E-state index contributed by atoms with van der Waals surface area (Å²) in [7, 11) is 1.69. The monoisotopic (exact) mass is 411 g/mol. The fraction of sp³-hybridized carbons (Fsp3) is 0.240. The van der Waals surface area contributed by atoms with E-state index in [-0.39, 0.29) is 18.4 Å².